The topological polar surface area (TPSA) is 12.9 Å². The Bertz CT molecular complexity index is 473. The summed E-state index contributed by atoms with van der Waals surface area (Å²) in [6.07, 6.45) is 0. The van der Waals surface area contributed by atoms with Crippen LogP contribution in [0.15, 0.2) is 47.5 Å². The first-order chi connectivity index (χ1) is 7.74. The lowest BCUT2D eigenvalue weighted by Crippen LogP contribution is -1.85. The van der Waals surface area contributed by atoms with Crippen molar-refractivity contribution < 1.29 is 4.39 Å². The average molecular weight is 254 g/mol. The van der Waals surface area contributed by atoms with Crippen molar-refractivity contribution in [2.75, 3.05) is 0 Å². The number of aromatic nitrogens is 1. The Balaban J connectivity index is 1.99. The fourth-order valence-corrected chi connectivity index (χ4v) is 2.17. The van der Waals surface area contributed by atoms with Crippen LogP contribution in [0.25, 0.3) is 0 Å². The summed E-state index contributed by atoms with van der Waals surface area (Å²) >= 11 is 7.28. The van der Waals surface area contributed by atoms with Gasteiger partial charge in [0.15, 0.2) is 0 Å². The minimum atomic E-state index is -0.443. The average Bonchev–Trinajstić information content (AvgIpc) is 2.28. The number of thioether (sulfide) groups is 1. The molecule has 0 fully saturated rings. The van der Waals surface area contributed by atoms with Gasteiger partial charge in [-0.05, 0) is 29.8 Å². The number of nitrogens with zero attached hydrogens (tertiary/aromatic N) is 1. The lowest BCUT2D eigenvalue weighted by Gasteiger charge is -2.01. The van der Waals surface area contributed by atoms with E-state index in [-0.39, 0.29) is 0 Å². The number of rotatable bonds is 3. The van der Waals surface area contributed by atoms with E-state index in [0.29, 0.717) is 5.03 Å². The van der Waals surface area contributed by atoms with Gasteiger partial charge >= 0.3 is 0 Å². The molecule has 0 radical (unpaired) electrons. The number of benzene rings is 1. The summed E-state index contributed by atoms with van der Waals surface area (Å²) in [7, 11) is 0. The third kappa shape index (κ3) is 3.22. The van der Waals surface area contributed by atoms with E-state index in [9.17, 15) is 4.39 Å². The molecular weight excluding hydrogens is 245 g/mol. The quantitative estimate of drug-likeness (QED) is 0.602. The van der Waals surface area contributed by atoms with Gasteiger partial charge in [0.25, 0.3) is 0 Å². The van der Waals surface area contributed by atoms with Crippen LogP contribution in [-0.4, -0.2) is 4.98 Å². The summed E-state index contributed by atoms with van der Waals surface area (Å²) in [5, 5.41) is 1.41. The van der Waals surface area contributed by atoms with Crippen molar-refractivity contribution in [2.24, 2.45) is 0 Å². The third-order valence-corrected chi connectivity index (χ3v) is 3.24. The SMILES string of the molecule is Fc1cccc(SCc2ccc(Cl)cc2)n1. The minimum Gasteiger partial charge on any atom is -0.213 e. The van der Waals surface area contributed by atoms with Crippen molar-refractivity contribution >= 4 is 23.4 Å². The molecule has 0 aliphatic carbocycles. The van der Waals surface area contributed by atoms with Crippen LogP contribution in [0, 0.1) is 5.95 Å². The highest BCUT2D eigenvalue weighted by molar-refractivity contribution is 7.98. The molecule has 1 heterocycles. The van der Waals surface area contributed by atoms with Crippen LogP contribution in [0.1, 0.15) is 5.56 Å². The van der Waals surface area contributed by atoms with E-state index in [4.69, 9.17) is 11.6 Å². The van der Waals surface area contributed by atoms with Crippen molar-refractivity contribution in [2.45, 2.75) is 10.8 Å². The molecule has 2 rings (SSSR count). The lowest BCUT2D eigenvalue weighted by atomic mass is 10.2. The van der Waals surface area contributed by atoms with Crippen LogP contribution in [0.5, 0.6) is 0 Å². The van der Waals surface area contributed by atoms with Gasteiger partial charge in [-0.25, -0.2) is 4.98 Å². The van der Waals surface area contributed by atoms with Crippen LogP contribution in [0.3, 0.4) is 0 Å². The zero-order valence-corrected chi connectivity index (χ0v) is 9.93. The maximum atomic E-state index is 12.8. The van der Waals surface area contributed by atoms with Crippen molar-refractivity contribution in [3.05, 3.63) is 59.0 Å². The summed E-state index contributed by atoms with van der Waals surface area (Å²) < 4.78 is 12.8. The van der Waals surface area contributed by atoms with E-state index >= 15 is 0 Å². The molecule has 2 aromatic rings. The first-order valence-electron chi connectivity index (χ1n) is 4.74. The zero-order chi connectivity index (χ0) is 11.4. The Morgan fingerprint density at radius 3 is 2.56 bits per heavy atom. The second-order valence-corrected chi connectivity index (χ2v) is 4.65. The lowest BCUT2D eigenvalue weighted by molar-refractivity contribution is 0.572. The maximum absolute atomic E-state index is 12.8. The van der Waals surface area contributed by atoms with Gasteiger partial charge in [-0.3, -0.25) is 0 Å². The molecule has 0 spiro atoms. The Labute approximate surface area is 103 Å². The predicted molar refractivity (Wildman–Crippen MR) is 65.2 cm³/mol. The van der Waals surface area contributed by atoms with E-state index in [1.165, 1.54) is 17.8 Å². The van der Waals surface area contributed by atoms with Crippen molar-refractivity contribution in [1.82, 2.24) is 4.98 Å². The monoisotopic (exact) mass is 253 g/mol. The molecule has 4 heteroatoms. The van der Waals surface area contributed by atoms with Gasteiger partial charge in [0.2, 0.25) is 5.95 Å². The molecule has 0 aliphatic heterocycles. The van der Waals surface area contributed by atoms with Gasteiger partial charge in [-0.2, -0.15) is 4.39 Å². The molecule has 0 amide bonds. The zero-order valence-electron chi connectivity index (χ0n) is 8.36. The van der Waals surface area contributed by atoms with Crippen LogP contribution >= 0.6 is 23.4 Å². The van der Waals surface area contributed by atoms with Crippen LogP contribution in [0.2, 0.25) is 5.02 Å². The molecule has 1 aromatic carbocycles. The summed E-state index contributed by atoms with van der Waals surface area (Å²) in [6.45, 7) is 0. The van der Waals surface area contributed by atoms with Gasteiger partial charge in [0.1, 0.15) is 0 Å². The standard InChI is InChI=1S/C12H9ClFNS/c13-10-6-4-9(5-7-10)8-16-12-3-1-2-11(14)15-12/h1-7H,8H2. The van der Waals surface area contributed by atoms with Gasteiger partial charge in [0, 0.05) is 10.8 Å². The molecule has 1 aromatic heterocycles. The number of halogens is 2. The van der Waals surface area contributed by atoms with Crippen molar-refractivity contribution in [3.63, 3.8) is 0 Å². The summed E-state index contributed by atoms with van der Waals surface area (Å²) in [4.78, 5) is 3.78. The molecular formula is C12H9ClFNS. The second kappa shape index (κ2) is 5.32. The van der Waals surface area contributed by atoms with Gasteiger partial charge in [0.05, 0.1) is 5.03 Å². The number of pyridine rings is 1. The first-order valence-corrected chi connectivity index (χ1v) is 6.10. The Morgan fingerprint density at radius 2 is 1.88 bits per heavy atom. The summed E-state index contributed by atoms with van der Waals surface area (Å²) in [5.74, 6) is 0.314. The molecule has 16 heavy (non-hydrogen) atoms. The van der Waals surface area contributed by atoms with E-state index in [0.717, 1.165) is 16.3 Å². The van der Waals surface area contributed by atoms with E-state index in [2.05, 4.69) is 4.98 Å². The normalized spacial score (nSPS) is 10.4. The highest BCUT2D eigenvalue weighted by atomic mass is 35.5. The third-order valence-electron chi connectivity index (χ3n) is 1.99. The number of hydrogen-bond donors (Lipinski definition) is 0. The summed E-state index contributed by atoms with van der Waals surface area (Å²) in [6, 6.07) is 12.4. The largest absolute Gasteiger partial charge is 0.213 e. The predicted octanol–water partition coefficient (Wildman–Crippen LogP) is 4.17. The molecule has 0 saturated carbocycles. The van der Waals surface area contributed by atoms with Gasteiger partial charge < -0.3 is 0 Å². The molecule has 0 N–H and O–H groups in total. The molecule has 82 valence electrons. The smallest absolute Gasteiger partial charge is 0.213 e. The Hall–Kier alpha value is -1.06. The summed E-state index contributed by atoms with van der Waals surface area (Å²) in [5.41, 5.74) is 1.14. The highest BCUT2D eigenvalue weighted by Crippen LogP contribution is 2.21. The maximum Gasteiger partial charge on any atom is 0.213 e. The van der Waals surface area contributed by atoms with Crippen LogP contribution < -0.4 is 0 Å². The van der Waals surface area contributed by atoms with Gasteiger partial charge in [-0.1, -0.05) is 29.8 Å². The van der Waals surface area contributed by atoms with Crippen LogP contribution in [-0.2, 0) is 5.75 Å². The Kier molecular flexibility index (Phi) is 3.80. The highest BCUT2D eigenvalue weighted by Gasteiger charge is 1.99. The van der Waals surface area contributed by atoms with Crippen molar-refractivity contribution in [3.8, 4) is 0 Å². The molecule has 0 unspecified atom stereocenters. The molecule has 0 saturated heterocycles. The molecule has 0 bridgehead atoms. The fraction of sp³-hybridized carbons (Fsp3) is 0.0833. The van der Waals surface area contributed by atoms with Crippen molar-refractivity contribution in [1.29, 1.82) is 0 Å². The molecule has 0 aliphatic rings. The van der Waals surface area contributed by atoms with E-state index < -0.39 is 5.95 Å². The second-order valence-electron chi connectivity index (χ2n) is 3.21. The van der Waals surface area contributed by atoms with E-state index in [1.807, 2.05) is 24.3 Å². The molecule has 1 nitrogen and oxygen atoms in total. The first kappa shape index (κ1) is 11.4. The fourth-order valence-electron chi connectivity index (χ4n) is 1.21. The van der Waals surface area contributed by atoms with Crippen LogP contribution in [0.4, 0.5) is 4.39 Å². The Morgan fingerprint density at radius 1 is 1.12 bits per heavy atom. The molecule has 0 atom stereocenters. The van der Waals surface area contributed by atoms with Gasteiger partial charge in [-0.15, -0.1) is 11.8 Å². The number of hydrogen-bond acceptors (Lipinski definition) is 2. The minimum absolute atomic E-state index is 0.443. The van der Waals surface area contributed by atoms with E-state index in [1.54, 1.807) is 12.1 Å².